The van der Waals surface area contributed by atoms with Gasteiger partial charge in [0, 0.05) is 49.5 Å². The van der Waals surface area contributed by atoms with Crippen molar-refractivity contribution in [2.75, 3.05) is 36.4 Å². The molecule has 1 aliphatic heterocycles. The maximum Gasteiger partial charge on any atom is 0.228 e. The molecule has 1 fully saturated rings. The number of anilines is 2. The third-order valence-corrected chi connectivity index (χ3v) is 4.77. The molecule has 0 spiro atoms. The van der Waals surface area contributed by atoms with E-state index in [4.69, 9.17) is 11.6 Å². The highest BCUT2D eigenvalue weighted by Gasteiger charge is 2.18. The molecule has 6 heteroatoms. The summed E-state index contributed by atoms with van der Waals surface area (Å²) in [7, 11) is 0. The van der Waals surface area contributed by atoms with Crippen LogP contribution in [0.4, 0.5) is 11.4 Å². The predicted molar refractivity (Wildman–Crippen MR) is 105 cm³/mol. The van der Waals surface area contributed by atoms with E-state index in [-0.39, 0.29) is 11.8 Å². The number of piperazine rings is 1. The van der Waals surface area contributed by atoms with Crippen molar-refractivity contribution < 1.29 is 9.59 Å². The van der Waals surface area contributed by atoms with Crippen LogP contribution in [0, 0.1) is 0 Å². The number of benzene rings is 2. The first-order valence-electron chi connectivity index (χ1n) is 8.66. The second-order valence-corrected chi connectivity index (χ2v) is 6.83. The van der Waals surface area contributed by atoms with Gasteiger partial charge in [0.05, 0.1) is 6.42 Å². The lowest BCUT2D eigenvalue weighted by atomic mass is 10.1. The molecule has 136 valence electrons. The van der Waals surface area contributed by atoms with Crippen LogP contribution in [0.3, 0.4) is 0 Å². The van der Waals surface area contributed by atoms with E-state index in [2.05, 4.69) is 10.2 Å². The highest BCUT2D eigenvalue weighted by molar-refractivity contribution is 6.30. The zero-order valence-corrected chi connectivity index (χ0v) is 15.5. The Hall–Kier alpha value is -2.53. The Morgan fingerprint density at radius 2 is 1.58 bits per heavy atom. The van der Waals surface area contributed by atoms with Crippen molar-refractivity contribution in [3.63, 3.8) is 0 Å². The quantitative estimate of drug-likeness (QED) is 0.898. The minimum absolute atomic E-state index is 0.0601. The van der Waals surface area contributed by atoms with Crippen LogP contribution in [0.15, 0.2) is 48.5 Å². The molecular formula is C20H22ClN3O2. The molecule has 1 aliphatic rings. The van der Waals surface area contributed by atoms with Crippen molar-refractivity contribution in [2.45, 2.75) is 13.3 Å². The minimum atomic E-state index is -0.0601. The van der Waals surface area contributed by atoms with E-state index in [1.165, 1.54) is 0 Å². The lowest BCUT2D eigenvalue weighted by Crippen LogP contribution is -2.48. The van der Waals surface area contributed by atoms with E-state index in [1.807, 2.05) is 41.3 Å². The van der Waals surface area contributed by atoms with Crippen molar-refractivity contribution in [1.29, 1.82) is 0 Å². The smallest absolute Gasteiger partial charge is 0.228 e. The largest absolute Gasteiger partial charge is 0.368 e. The highest BCUT2D eigenvalue weighted by atomic mass is 35.5. The maximum absolute atomic E-state index is 12.2. The Labute approximate surface area is 158 Å². The van der Waals surface area contributed by atoms with Gasteiger partial charge in [-0.2, -0.15) is 0 Å². The Morgan fingerprint density at radius 1 is 0.962 bits per heavy atom. The Kier molecular flexibility index (Phi) is 5.78. The topological polar surface area (TPSA) is 52.7 Å². The lowest BCUT2D eigenvalue weighted by molar-refractivity contribution is -0.129. The summed E-state index contributed by atoms with van der Waals surface area (Å²) < 4.78 is 0. The number of nitrogens with one attached hydrogen (secondary N) is 1. The van der Waals surface area contributed by atoms with Crippen LogP contribution in [0.1, 0.15) is 12.5 Å². The average Bonchev–Trinajstić information content (AvgIpc) is 2.64. The van der Waals surface area contributed by atoms with Crippen LogP contribution in [0.5, 0.6) is 0 Å². The SMILES string of the molecule is CC(=O)N1CCN(c2ccc(NC(=O)Cc3ccc(Cl)cc3)cc2)CC1. The summed E-state index contributed by atoms with van der Waals surface area (Å²) in [5.41, 5.74) is 2.80. The number of nitrogens with zero attached hydrogens (tertiary/aromatic N) is 2. The summed E-state index contributed by atoms with van der Waals surface area (Å²) >= 11 is 5.86. The third kappa shape index (κ3) is 4.76. The fourth-order valence-corrected chi connectivity index (χ4v) is 3.15. The second kappa shape index (κ2) is 8.23. The van der Waals surface area contributed by atoms with E-state index in [0.717, 1.165) is 43.1 Å². The van der Waals surface area contributed by atoms with Crippen molar-refractivity contribution >= 4 is 34.8 Å². The van der Waals surface area contributed by atoms with Gasteiger partial charge in [-0.1, -0.05) is 23.7 Å². The number of amides is 2. The molecule has 0 unspecified atom stereocenters. The molecule has 5 nitrogen and oxygen atoms in total. The number of hydrogen-bond acceptors (Lipinski definition) is 3. The third-order valence-electron chi connectivity index (χ3n) is 4.52. The van der Waals surface area contributed by atoms with Crippen LogP contribution in [0.2, 0.25) is 5.02 Å². The average molecular weight is 372 g/mol. The number of halogens is 1. The van der Waals surface area contributed by atoms with Gasteiger partial charge in [-0.25, -0.2) is 0 Å². The normalized spacial score (nSPS) is 14.2. The van der Waals surface area contributed by atoms with E-state index >= 15 is 0 Å². The number of hydrogen-bond donors (Lipinski definition) is 1. The van der Waals surface area contributed by atoms with Gasteiger partial charge in [-0.3, -0.25) is 9.59 Å². The number of carbonyl (C=O) groups excluding carboxylic acids is 2. The molecule has 2 aromatic carbocycles. The predicted octanol–water partition coefficient (Wildman–Crippen LogP) is 3.19. The molecule has 1 saturated heterocycles. The number of rotatable bonds is 4. The molecule has 3 rings (SSSR count). The monoisotopic (exact) mass is 371 g/mol. The zero-order chi connectivity index (χ0) is 18.5. The Balaban J connectivity index is 1.53. The molecule has 0 bridgehead atoms. The molecule has 0 atom stereocenters. The van der Waals surface area contributed by atoms with Gasteiger partial charge in [0.1, 0.15) is 0 Å². The summed E-state index contributed by atoms with van der Waals surface area (Å²) in [6.45, 7) is 4.74. The second-order valence-electron chi connectivity index (χ2n) is 6.39. The van der Waals surface area contributed by atoms with Gasteiger partial charge in [0.15, 0.2) is 0 Å². The summed E-state index contributed by atoms with van der Waals surface area (Å²) in [6, 6.07) is 15.1. The molecule has 2 amide bonds. The van der Waals surface area contributed by atoms with Crippen LogP contribution < -0.4 is 10.2 Å². The van der Waals surface area contributed by atoms with E-state index in [1.54, 1.807) is 19.1 Å². The van der Waals surface area contributed by atoms with E-state index in [0.29, 0.717) is 11.4 Å². The van der Waals surface area contributed by atoms with Gasteiger partial charge < -0.3 is 15.1 Å². The van der Waals surface area contributed by atoms with Gasteiger partial charge in [0.25, 0.3) is 0 Å². The molecule has 1 N–H and O–H groups in total. The van der Waals surface area contributed by atoms with Crippen molar-refractivity contribution in [2.24, 2.45) is 0 Å². The van der Waals surface area contributed by atoms with Gasteiger partial charge in [-0.15, -0.1) is 0 Å². The van der Waals surface area contributed by atoms with Crippen LogP contribution in [-0.2, 0) is 16.0 Å². The Morgan fingerprint density at radius 3 is 2.15 bits per heavy atom. The fraction of sp³-hybridized carbons (Fsp3) is 0.300. The molecule has 1 heterocycles. The molecule has 0 radical (unpaired) electrons. The van der Waals surface area contributed by atoms with Gasteiger partial charge in [-0.05, 0) is 42.0 Å². The molecule has 0 aromatic heterocycles. The standard InChI is InChI=1S/C20H22ClN3O2/c1-15(25)23-10-12-24(13-11-23)19-8-6-18(7-9-19)22-20(26)14-16-2-4-17(21)5-3-16/h2-9H,10-14H2,1H3,(H,22,26). The first-order valence-corrected chi connectivity index (χ1v) is 9.04. The highest BCUT2D eigenvalue weighted by Crippen LogP contribution is 2.20. The van der Waals surface area contributed by atoms with Crippen molar-refractivity contribution in [3.05, 3.63) is 59.1 Å². The molecule has 2 aromatic rings. The molecule has 0 saturated carbocycles. The summed E-state index contributed by atoms with van der Waals surface area (Å²) in [5, 5.41) is 3.57. The summed E-state index contributed by atoms with van der Waals surface area (Å²) in [4.78, 5) is 27.7. The number of carbonyl (C=O) groups is 2. The van der Waals surface area contributed by atoms with E-state index < -0.39 is 0 Å². The molecular weight excluding hydrogens is 350 g/mol. The van der Waals surface area contributed by atoms with Crippen molar-refractivity contribution in [1.82, 2.24) is 4.90 Å². The molecule has 26 heavy (non-hydrogen) atoms. The summed E-state index contributed by atoms with van der Waals surface area (Å²) in [5.74, 6) is 0.0681. The van der Waals surface area contributed by atoms with Crippen LogP contribution in [-0.4, -0.2) is 42.9 Å². The zero-order valence-electron chi connectivity index (χ0n) is 14.7. The van der Waals surface area contributed by atoms with Crippen LogP contribution in [0.25, 0.3) is 0 Å². The summed E-state index contributed by atoms with van der Waals surface area (Å²) in [6.07, 6.45) is 0.311. The lowest BCUT2D eigenvalue weighted by Gasteiger charge is -2.35. The van der Waals surface area contributed by atoms with Gasteiger partial charge >= 0.3 is 0 Å². The minimum Gasteiger partial charge on any atom is -0.368 e. The van der Waals surface area contributed by atoms with Crippen molar-refractivity contribution in [3.8, 4) is 0 Å². The van der Waals surface area contributed by atoms with Crippen LogP contribution >= 0.6 is 11.6 Å². The van der Waals surface area contributed by atoms with E-state index in [9.17, 15) is 9.59 Å². The maximum atomic E-state index is 12.2. The first kappa shape index (κ1) is 18.3. The fourth-order valence-electron chi connectivity index (χ4n) is 3.03. The van der Waals surface area contributed by atoms with Gasteiger partial charge in [0.2, 0.25) is 11.8 Å². The first-order chi connectivity index (χ1) is 12.5. The molecule has 0 aliphatic carbocycles. The Bertz CT molecular complexity index is 767.